The summed E-state index contributed by atoms with van der Waals surface area (Å²) in [6, 6.07) is 8.97. The van der Waals surface area contributed by atoms with Gasteiger partial charge in [0, 0.05) is 12.1 Å². The molecule has 1 aromatic heterocycles. The lowest BCUT2D eigenvalue weighted by atomic mass is 9.95. The van der Waals surface area contributed by atoms with Crippen molar-refractivity contribution in [3.05, 3.63) is 70.3 Å². The Labute approximate surface area is 197 Å². The minimum atomic E-state index is -0.687. The molecule has 0 radical (unpaired) electrons. The van der Waals surface area contributed by atoms with Crippen molar-refractivity contribution < 1.29 is 18.8 Å². The molecule has 3 heterocycles. The number of furan rings is 1. The van der Waals surface area contributed by atoms with Gasteiger partial charge in [0.2, 0.25) is 5.91 Å². The highest BCUT2D eigenvalue weighted by Gasteiger charge is 2.46. The quantitative estimate of drug-likeness (QED) is 0.647. The second kappa shape index (κ2) is 9.31. The number of amides is 4. The van der Waals surface area contributed by atoms with Crippen molar-refractivity contribution >= 4 is 29.4 Å². The number of rotatable bonds is 7. The van der Waals surface area contributed by atoms with E-state index in [-0.39, 0.29) is 36.9 Å². The lowest BCUT2D eigenvalue weighted by Gasteiger charge is -2.31. The summed E-state index contributed by atoms with van der Waals surface area (Å²) < 4.78 is 5.30. The summed E-state index contributed by atoms with van der Waals surface area (Å²) in [7, 11) is 1.62. The first-order chi connectivity index (χ1) is 15.8. The predicted octanol–water partition coefficient (Wildman–Crippen LogP) is 3.46. The fourth-order valence-electron chi connectivity index (χ4n) is 4.31. The Bertz CT molecular complexity index is 1100. The number of carbonyl (C=O) groups excluding carboxylic acids is 3. The molecule has 9 heteroatoms. The summed E-state index contributed by atoms with van der Waals surface area (Å²) in [6.45, 7) is 4.41. The molecule has 8 nitrogen and oxygen atoms in total. The van der Waals surface area contributed by atoms with Gasteiger partial charge in [0.25, 0.3) is 5.91 Å². The second-order valence-electron chi connectivity index (χ2n) is 8.70. The van der Waals surface area contributed by atoms with E-state index in [4.69, 9.17) is 16.0 Å². The second-order valence-corrected chi connectivity index (χ2v) is 9.11. The van der Waals surface area contributed by atoms with Crippen molar-refractivity contribution in [2.75, 3.05) is 13.6 Å². The van der Waals surface area contributed by atoms with Gasteiger partial charge in [0.05, 0.1) is 36.7 Å². The third kappa shape index (κ3) is 4.48. The van der Waals surface area contributed by atoms with Gasteiger partial charge in [-0.3, -0.25) is 14.5 Å². The number of hydrogen-bond donors (Lipinski definition) is 2. The van der Waals surface area contributed by atoms with Crippen molar-refractivity contribution in [2.24, 2.45) is 5.92 Å². The normalized spacial score (nSPS) is 19.1. The first kappa shape index (κ1) is 22.9. The zero-order chi connectivity index (χ0) is 23.7. The summed E-state index contributed by atoms with van der Waals surface area (Å²) in [4.78, 5) is 42.6. The lowest BCUT2D eigenvalue weighted by Crippen LogP contribution is -2.49. The number of benzene rings is 1. The minimum Gasteiger partial charge on any atom is -0.467 e. The molecule has 2 unspecified atom stereocenters. The average molecular weight is 471 g/mol. The molecule has 174 valence electrons. The molecule has 4 amide bonds. The molecule has 1 aromatic carbocycles. The lowest BCUT2D eigenvalue weighted by molar-refractivity contribution is -0.137. The molecule has 2 N–H and O–H groups in total. The van der Waals surface area contributed by atoms with Crippen LogP contribution in [0.3, 0.4) is 0 Å². The summed E-state index contributed by atoms with van der Waals surface area (Å²) in [6.07, 6.45) is 2.03. The molecule has 0 aliphatic carbocycles. The van der Waals surface area contributed by atoms with Gasteiger partial charge in [-0.1, -0.05) is 43.6 Å². The monoisotopic (exact) mass is 470 g/mol. The molecular formula is C24H27ClN4O4. The van der Waals surface area contributed by atoms with Gasteiger partial charge in [-0.25, -0.2) is 4.79 Å². The van der Waals surface area contributed by atoms with Crippen LogP contribution >= 0.6 is 11.6 Å². The van der Waals surface area contributed by atoms with E-state index < -0.39 is 12.1 Å². The van der Waals surface area contributed by atoms with Gasteiger partial charge < -0.3 is 20.0 Å². The largest absolute Gasteiger partial charge is 0.467 e. The summed E-state index contributed by atoms with van der Waals surface area (Å²) in [5, 5.41) is 6.22. The maximum Gasteiger partial charge on any atom is 0.322 e. The van der Waals surface area contributed by atoms with Gasteiger partial charge >= 0.3 is 6.03 Å². The van der Waals surface area contributed by atoms with E-state index >= 15 is 0 Å². The number of likely N-dealkylation sites (N-methyl/N-ethyl adjacent to an activating group) is 1. The van der Waals surface area contributed by atoms with Crippen LogP contribution in [0.25, 0.3) is 0 Å². The summed E-state index contributed by atoms with van der Waals surface area (Å²) >= 11 is 6.40. The van der Waals surface area contributed by atoms with Crippen LogP contribution in [0.5, 0.6) is 0 Å². The fraction of sp³-hybridized carbons (Fsp3) is 0.375. The molecule has 0 bridgehead atoms. The van der Waals surface area contributed by atoms with E-state index in [2.05, 4.69) is 10.6 Å². The average Bonchev–Trinajstić information content (AvgIpc) is 3.42. The number of urea groups is 1. The topological polar surface area (TPSA) is 94.9 Å². The van der Waals surface area contributed by atoms with Crippen LogP contribution in [-0.4, -0.2) is 47.3 Å². The Morgan fingerprint density at radius 1 is 1.24 bits per heavy atom. The first-order valence-electron chi connectivity index (χ1n) is 10.9. The molecule has 2 aliphatic heterocycles. The molecule has 0 fully saturated rings. The fourth-order valence-corrected chi connectivity index (χ4v) is 4.55. The van der Waals surface area contributed by atoms with Crippen molar-refractivity contribution in [3.8, 4) is 0 Å². The zero-order valence-electron chi connectivity index (χ0n) is 18.8. The highest BCUT2D eigenvalue weighted by Crippen LogP contribution is 2.39. The van der Waals surface area contributed by atoms with Crippen LogP contribution in [0.4, 0.5) is 4.79 Å². The van der Waals surface area contributed by atoms with Crippen molar-refractivity contribution in [2.45, 2.75) is 38.9 Å². The highest BCUT2D eigenvalue weighted by atomic mass is 35.5. The molecule has 2 atom stereocenters. The predicted molar refractivity (Wildman–Crippen MR) is 123 cm³/mol. The maximum absolute atomic E-state index is 13.7. The zero-order valence-corrected chi connectivity index (χ0v) is 19.6. The van der Waals surface area contributed by atoms with Crippen molar-refractivity contribution in [1.82, 2.24) is 20.4 Å². The Hall–Kier alpha value is -3.26. The van der Waals surface area contributed by atoms with E-state index in [1.807, 2.05) is 19.9 Å². The first-order valence-corrected chi connectivity index (χ1v) is 11.3. The number of nitrogens with zero attached hydrogens (tertiary/aromatic N) is 2. The summed E-state index contributed by atoms with van der Waals surface area (Å²) in [5.74, 6) is 0.266. The molecular weight excluding hydrogens is 444 g/mol. The van der Waals surface area contributed by atoms with Crippen LogP contribution in [0.2, 0.25) is 5.02 Å². The molecule has 2 aliphatic rings. The number of hydrogen-bond acceptors (Lipinski definition) is 4. The van der Waals surface area contributed by atoms with Gasteiger partial charge in [0.1, 0.15) is 11.8 Å². The van der Waals surface area contributed by atoms with E-state index in [0.29, 0.717) is 34.0 Å². The van der Waals surface area contributed by atoms with Gasteiger partial charge in [-0.05, 0) is 36.1 Å². The van der Waals surface area contributed by atoms with Gasteiger partial charge in [-0.2, -0.15) is 0 Å². The van der Waals surface area contributed by atoms with Crippen LogP contribution < -0.4 is 10.6 Å². The molecule has 33 heavy (non-hydrogen) atoms. The molecule has 4 rings (SSSR count). The van der Waals surface area contributed by atoms with Crippen molar-refractivity contribution in [1.29, 1.82) is 0 Å². The van der Waals surface area contributed by atoms with Crippen LogP contribution in [0, 0.1) is 5.92 Å². The van der Waals surface area contributed by atoms with Crippen molar-refractivity contribution in [3.63, 3.8) is 0 Å². The van der Waals surface area contributed by atoms with Crippen LogP contribution in [0.1, 0.15) is 37.6 Å². The van der Waals surface area contributed by atoms with Crippen LogP contribution in [0.15, 0.2) is 58.3 Å². The Balaban J connectivity index is 1.63. The van der Waals surface area contributed by atoms with Gasteiger partial charge in [-0.15, -0.1) is 0 Å². The molecule has 2 aromatic rings. The molecule has 0 saturated heterocycles. The Morgan fingerprint density at radius 3 is 2.67 bits per heavy atom. The van der Waals surface area contributed by atoms with E-state index in [1.54, 1.807) is 48.5 Å². The van der Waals surface area contributed by atoms with E-state index in [0.717, 1.165) is 0 Å². The SMILES string of the molecule is CC(C)CC(C(=O)NCc1ccco1)N1CC2=C(C1=O)C(c1ccccc1Cl)NC(=O)N2C. The third-order valence-electron chi connectivity index (χ3n) is 5.99. The number of halogens is 1. The Morgan fingerprint density at radius 2 is 2.00 bits per heavy atom. The summed E-state index contributed by atoms with van der Waals surface area (Å²) in [5.41, 5.74) is 1.67. The Kier molecular flexibility index (Phi) is 6.47. The number of nitrogens with one attached hydrogen (secondary N) is 2. The standard InChI is InChI=1S/C24H27ClN4O4/c1-14(2)11-18(22(30)26-12-15-7-6-10-33-15)29-13-19-20(23(29)31)21(27-24(32)28(19)3)16-8-4-5-9-17(16)25/h4-10,14,18,21H,11-13H2,1-3H3,(H,26,30)(H,27,32). The smallest absolute Gasteiger partial charge is 0.322 e. The number of carbonyl (C=O) groups is 3. The third-order valence-corrected chi connectivity index (χ3v) is 6.34. The maximum atomic E-state index is 13.7. The van der Waals surface area contributed by atoms with Gasteiger partial charge in [0.15, 0.2) is 0 Å². The van der Waals surface area contributed by atoms with E-state index in [1.165, 1.54) is 4.90 Å². The molecule has 0 saturated carbocycles. The van der Waals surface area contributed by atoms with E-state index in [9.17, 15) is 14.4 Å². The highest BCUT2D eigenvalue weighted by molar-refractivity contribution is 6.31. The molecule has 0 spiro atoms. The minimum absolute atomic E-state index is 0.171. The van der Waals surface area contributed by atoms with Crippen LogP contribution in [-0.2, 0) is 16.1 Å².